The van der Waals surface area contributed by atoms with Gasteiger partial charge < -0.3 is 4.74 Å². The van der Waals surface area contributed by atoms with Crippen LogP contribution in [0.1, 0.15) is 46.0 Å². The van der Waals surface area contributed by atoms with Crippen LogP contribution in [0.4, 0.5) is 0 Å². The van der Waals surface area contributed by atoms with Gasteiger partial charge in [0.2, 0.25) is 0 Å². The molecule has 0 aromatic rings. The number of carbonyl (C=O) groups excluding carboxylic acids is 1. The predicted molar refractivity (Wildman–Crippen MR) is 64.2 cm³/mol. The summed E-state index contributed by atoms with van der Waals surface area (Å²) in [4.78, 5) is 11.3. The third kappa shape index (κ3) is 1.19. The molecule has 17 heavy (non-hydrogen) atoms. The minimum Gasteiger partial charge on any atom is -0.459 e. The molecule has 0 radical (unpaired) electrons. The summed E-state index contributed by atoms with van der Waals surface area (Å²) < 4.78 is 5.71. The number of ether oxygens (including phenoxy) is 1. The molecule has 6 unspecified atom stereocenters. The molecule has 2 nitrogen and oxygen atoms in total. The van der Waals surface area contributed by atoms with Gasteiger partial charge in [0.1, 0.15) is 5.60 Å². The van der Waals surface area contributed by atoms with Gasteiger partial charge in [-0.1, -0.05) is 0 Å². The second-order valence-corrected chi connectivity index (χ2v) is 7.20. The van der Waals surface area contributed by atoms with Crippen LogP contribution in [0.25, 0.3) is 0 Å². The Morgan fingerprint density at radius 3 is 2.53 bits per heavy atom. The van der Waals surface area contributed by atoms with Gasteiger partial charge in [0.25, 0.3) is 0 Å². The molecule has 0 saturated heterocycles. The lowest BCUT2D eigenvalue weighted by Gasteiger charge is -2.43. The van der Waals surface area contributed by atoms with E-state index >= 15 is 0 Å². The first-order chi connectivity index (χ1) is 8.08. The maximum atomic E-state index is 11.3. The predicted octanol–water partition coefficient (Wildman–Crippen LogP) is 3.01. The van der Waals surface area contributed by atoms with Gasteiger partial charge in [-0.2, -0.15) is 0 Å². The average molecular weight is 234 g/mol. The highest BCUT2D eigenvalue weighted by Crippen LogP contribution is 2.70. The molecule has 4 aliphatic rings. The summed E-state index contributed by atoms with van der Waals surface area (Å²) in [6.07, 6.45) is 6.90. The van der Waals surface area contributed by atoms with Crippen LogP contribution < -0.4 is 0 Å². The zero-order chi connectivity index (χ0) is 11.8. The minimum atomic E-state index is -0.123. The number of hydrogen-bond donors (Lipinski definition) is 0. The van der Waals surface area contributed by atoms with Crippen molar-refractivity contribution in [2.45, 2.75) is 51.6 Å². The highest BCUT2D eigenvalue weighted by Gasteiger charge is 2.66. The van der Waals surface area contributed by atoms with Crippen molar-refractivity contribution in [3.05, 3.63) is 0 Å². The maximum absolute atomic E-state index is 11.3. The fraction of sp³-hybridized carbons (Fsp3) is 0.933. The van der Waals surface area contributed by atoms with Crippen molar-refractivity contribution in [3.8, 4) is 0 Å². The van der Waals surface area contributed by atoms with E-state index in [1.54, 1.807) is 6.92 Å². The van der Waals surface area contributed by atoms with E-state index in [-0.39, 0.29) is 11.6 Å². The van der Waals surface area contributed by atoms with Crippen molar-refractivity contribution in [2.24, 2.45) is 35.5 Å². The van der Waals surface area contributed by atoms with Crippen molar-refractivity contribution in [3.63, 3.8) is 0 Å². The topological polar surface area (TPSA) is 26.3 Å². The Kier molecular flexibility index (Phi) is 1.88. The van der Waals surface area contributed by atoms with Gasteiger partial charge in [0, 0.05) is 12.8 Å². The average Bonchev–Trinajstić information content (AvgIpc) is 2.88. The second-order valence-electron chi connectivity index (χ2n) is 7.20. The van der Waals surface area contributed by atoms with E-state index in [2.05, 4.69) is 6.92 Å². The molecule has 0 heterocycles. The molecule has 4 fully saturated rings. The highest BCUT2D eigenvalue weighted by molar-refractivity contribution is 5.66. The maximum Gasteiger partial charge on any atom is 0.303 e. The molecule has 0 aromatic heterocycles. The SMILES string of the molecule is CC(=O)OC1(C)CC2CC1C1C3CCC(C3)[C@H]21. The van der Waals surface area contributed by atoms with Gasteiger partial charge in [0.15, 0.2) is 0 Å². The Balaban J connectivity index is 1.64. The van der Waals surface area contributed by atoms with E-state index in [0.717, 1.165) is 36.0 Å². The quantitative estimate of drug-likeness (QED) is 0.515. The lowest BCUT2D eigenvalue weighted by atomic mass is 9.66. The summed E-state index contributed by atoms with van der Waals surface area (Å²) in [6, 6.07) is 0. The van der Waals surface area contributed by atoms with Gasteiger partial charge in [-0.3, -0.25) is 4.79 Å². The molecule has 4 saturated carbocycles. The van der Waals surface area contributed by atoms with Crippen LogP contribution in [0.5, 0.6) is 0 Å². The lowest BCUT2D eigenvalue weighted by molar-refractivity contribution is -0.165. The minimum absolute atomic E-state index is 0.0836. The van der Waals surface area contributed by atoms with Crippen LogP contribution >= 0.6 is 0 Å². The van der Waals surface area contributed by atoms with Crippen LogP contribution in [0.2, 0.25) is 0 Å². The highest BCUT2D eigenvalue weighted by atomic mass is 16.6. The fourth-order valence-corrected chi connectivity index (χ4v) is 6.31. The van der Waals surface area contributed by atoms with Crippen molar-refractivity contribution in [2.75, 3.05) is 0 Å². The molecular formula is C15H22O2. The molecule has 0 N–H and O–H groups in total. The Bertz CT molecular complexity index is 377. The smallest absolute Gasteiger partial charge is 0.303 e. The second kappa shape index (κ2) is 3.07. The van der Waals surface area contributed by atoms with Gasteiger partial charge >= 0.3 is 5.97 Å². The van der Waals surface area contributed by atoms with E-state index in [9.17, 15) is 4.79 Å². The van der Waals surface area contributed by atoms with E-state index in [4.69, 9.17) is 4.74 Å². The van der Waals surface area contributed by atoms with Gasteiger partial charge in [0.05, 0.1) is 0 Å². The van der Waals surface area contributed by atoms with Crippen molar-refractivity contribution in [1.82, 2.24) is 0 Å². The third-order valence-corrected chi connectivity index (χ3v) is 6.44. The van der Waals surface area contributed by atoms with Crippen LogP contribution in [-0.4, -0.2) is 11.6 Å². The van der Waals surface area contributed by atoms with Crippen LogP contribution in [0.15, 0.2) is 0 Å². The summed E-state index contributed by atoms with van der Waals surface area (Å²) in [6.45, 7) is 3.76. The summed E-state index contributed by atoms with van der Waals surface area (Å²) in [5.41, 5.74) is -0.123. The lowest BCUT2D eigenvalue weighted by Crippen LogP contribution is -2.45. The molecule has 0 amide bonds. The first kappa shape index (κ1) is 10.4. The molecule has 2 heteroatoms. The molecule has 7 atom stereocenters. The Morgan fingerprint density at radius 1 is 1.12 bits per heavy atom. The largest absolute Gasteiger partial charge is 0.459 e. The molecule has 0 aromatic carbocycles. The van der Waals surface area contributed by atoms with Gasteiger partial charge in [-0.15, -0.1) is 0 Å². The zero-order valence-electron chi connectivity index (χ0n) is 10.8. The summed E-state index contributed by atoms with van der Waals surface area (Å²) >= 11 is 0. The number of carbonyl (C=O) groups is 1. The van der Waals surface area contributed by atoms with Crippen LogP contribution in [0, 0.1) is 35.5 Å². The fourth-order valence-electron chi connectivity index (χ4n) is 6.31. The molecule has 0 spiro atoms. The van der Waals surface area contributed by atoms with E-state index in [1.807, 2.05) is 0 Å². The van der Waals surface area contributed by atoms with E-state index in [1.165, 1.54) is 25.7 Å². The Morgan fingerprint density at radius 2 is 1.82 bits per heavy atom. The number of rotatable bonds is 1. The summed E-state index contributed by atoms with van der Waals surface area (Å²) in [5, 5.41) is 0. The zero-order valence-corrected chi connectivity index (χ0v) is 10.8. The summed E-state index contributed by atoms with van der Waals surface area (Å²) in [5.74, 6) is 5.36. The summed E-state index contributed by atoms with van der Waals surface area (Å²) in [7, 11) is 0. The Hall–Kier alpha value is -0.530. The molecule has 0 aliphatic heterocycles. The number of fused-ring (bicyclic) bond motifs is 9. The molecule has 4 bridgehead atoms. The van der Waals surface area contributed by atoms with Crippen molar-refractivity contribution in [1.29, 1.82) is 0 Å². The standard InChI is InChI=1S/C15H22O2/c1-8(16)17-15(2)7-11-6-12(15)14-10-4-3-9(5-10)13(11)14/h9-14H,3-7H2,1-2H3/t9?,10?,11?,12?,13-,14?,15?/m1/s1. The molecule has 4 aliphatic carbocycles. The number of esters is 1. The molecular weight excluding hydrogens is 212 g/mol. The van der Waals surface area contributed by atoms with Crippen LogP contribution in [-0.2, 0) is 9.53 Å². The molecule has 4 rings (SSSR count). The van der Waals surface area contributed by atoms with Crippen LogP contribution in [0.3, 0.4) is 0 Å². The van der Waals surface area contributed by atoms with Gasteiger partial charge in [-0.25, -0.2) is 0 Å². The van der Waals surface area contributed by atoms with Gasteiger partial charge in [-0.05, 0) is 68.6 Å². The first-order valence-corrected chi connectivity index (χ1v) is 7.28. The van der Waals surface area contributed by atoms with E-state index in [0.29, 0.717) is 5.92 Å². The Labute approximate surface area is 103 Å². The normalized spacial score (nSPS) is 58.5. The van der Waals surface area contributed by atoms with E-state index < -0.39 is 0 Å². The van der Waals surface area contributed by atoms with Crippen molar-refractivity contribution < 1.29 is 9.53 Å². The molecule has 94 valence electrons. The van der Waals surface area contributed by atoms with Crippen molar-refractivity contribution >= 4 is 5.97 Å². The monoisotopic (exact) mass is 234 g/mol. The third-order valence-electron chi connectivity index (χ3n) is 6.44. The number of hydrogen-bond acceptors (Lipinski definition) is 2. The first-order valence-electron chi connectivity index (χ1n) is 7.28.